The summed E-state index contributed by atoms with van der Waals surface area (Å²) in [6.07, 6.45) is 0.409. The number of nitrogens with zero attached hydrogens (tertiary/aromatic N) is 3. The van der Waals surface area contributed by atoms with Gasteiger partial charge in [0.1, 0.15) is 0 Å². The Kier molecular flexibility index (Phi) is 6.84. The van der Waals surface area contributed by atoms with E-state index in [1.165, 1.54) is 0 Å². The quantitative estimate of drug-likeness (QED) is 0.452. The van der Waals surface area contributed by atoms with E-state index in [0.717, 1.165) is 10.2 Å². The Labute approximate surface area is 210 Å². The van der Waals surface area contributed by atoms with Gasteiger partial charge < -0.3 is 10.2 Å². The van der Waals surface area contributed by atoms with E-state index in [9.17, 15) is 9.59 Å². The number of halogens is 3. The van der Waals surface area contributed by atoms with Gasteiger partial charge in [0, 0.05) is 27.7 Å². The van der Waals surface area contributed by atoms with Crippen LogP contribution in [0.4, 0.5) is 5.95 Å². The van der Waals surface area contributed by atoms with Crippen LogP contribution in [0.2, 0.25) is 10.0 Å². The number of carbonyl (C=O) groups is 1. The molecule has 2 aromatic carbocycles. The van der Waals surface area contributed by atoms with Gasteiger partial charge in [0.25, 0.3) is 11.5 Å². The van der Waals surface area contributed by atoms with E-state index in [-0.39, 0.29) is 30.1 Å². The van der Waals surface area contributed by atoms with Gasteiger partial charge in [0.2, 0.25) is 5.95 Å². The molecule has 0 spiro atoms. The fourth-order valence-corrected chi connectivity index (χ4v) is 4.47. The molecule has 9 heteroatoms. The van der Waals surface area contributed by atoms with Gasteiger partial charge in [0.15, 0.2) is 0 Å². The van der Waals surface area contributed by atoms with Crippen LogP contribution in [0.1, 0.15) is 42.4 Å². The number of carbonyl (C=O) groups excluding carboxylic acids is 1. The van der Waals surface area contributed by atoms with Crippen molar-refractivity contribution in [3.63, 3.8) is 0 Å². The van der Waals surface area contributed by atoms with Gasteiger partial charge in [-0.25, -0.2) is 9.55 Å². The third-order valence-electron chi connectivity index (χ3n) is 5.54. The van der Waals surface area contributed by atoms with E-state index in [2.05, 4.69) is 21.2 Å². The highest BCUT2D eigenvalue weighted by molar-refractivity contribution is 9.10. The molecule has 1 aliphatic rings. The number of benzene rings is 2. The highest BCUT2D eigenvalue weighted by Crippen LogP contribution is 2.27. The standard InChI is InChI=1S/C24H23BrCl2N4O2/c1-13(2)28-24-29-21-12-30(22(32)15-4-9-19(26)20(27)11-15)14(3)10-18(21)23(33)31(24)17-7-5-16(25)6-8-17/h4-9,11,13-14H,10,12H2,1-3H3,(H,28,29)/t14-/m1/s1. The minimum Gasteiger partial charge on any atom is -0.353 e. The van der Waals surface area contributed by atoms with Crippen molar-refractivity contribution in [1.29, 1.82) is 0 Å². The molecule has 0 unspecified atom stereocenters. The molecule has 3 aromatic rings. The molecular weight excluding hydrogens is 527 g/mol. The molecule has 172 valence electrons. The minimum atomic E-state index is -0.184. The minimum absolute atomic E-state index is 0.0631. The summed E-state index contributed by atoms with van der Waals surface area (Å²) in [5.41, 5.74) is 2.27. The molecule has 2 heterocycles. The average molecular weight is 550 g/mol. The van der Waals surface area contributed by atoms with E-state index in [1.54, 1.807) is 27.7 Å². The molecule has 1 amide bonds. The Balaban J connectivity index is 1.77. The summed E-state index contributed by atoms with van der Waals surface area (Å²) < 4.78 is 2.53. The van der Waals surface area contributed by atoms with Crippen LogP contribution in [0, 0.1) is 0 Å². The zero-order valence-corrected chi connectivity index (χ0v) is 21.5. The van der Waals surface area contributed by atoms with E-state index in [0.29, 0.717) is 39.2 Å². The Hall–Kier alpha value is -2.35. The lowest BCUT2D eigenvalue weighted by Gasteiger charge is -2.34. The second-order valence-electron chi connectivity index (χ2n) is 8.39. The van der Waals surface area contributed by atoms with Crippen LogP contribution in [0.15, 0.2) is 51.7 Å². The Bertz CT molecular complexity index is 1270. The Morgan fingerprint density at radius 1 is 1.15 bits per heavy atom. The van der Waals surface area contributed by atoms with Crippen LogP contribution in [-0.2, 0) is 13.0 Å². The van der Waals surface area contributed by atoms with Crippen LogP contribution >= 0.6 is 39.1 Å². The maximum atomic E-state index is 13.6. The molecule has 6 nitrogen and oxygen atoms in total. The molecule has 1 atom stereocenters. The monoisotopic (exact) mass is 548 g/mol. The lowest BCUT2D eigenvalue weighted by atomic mass is 9.98. The van der Waals surface area contributed by atoms with Crippen molar-refractivity contribution in [1.82, 2.24) is 14.5 Å². The molecule has 0 saturated heterocycles. The number of anilines is 1. The van der Waals surface area contributed by atoms with E-state index in [4.69, 9.17) is 28.2 Å². The number of rotatable bonds is 4. The van der Waals surface area contributed by atoms with E-state index >= 15 is 0 Å². The summed E-state index contributed by atoms with van der Waals surface area (Å²) in [6.45, 7) is 6.14. The molecule has 0 aliphatic carbocycles. The number of amides is 1. The summed E-state index contributed by atoms with van der Waals surface area (Å²) >= 11 is 15.6. The molecule has 1 N–H and O–H groups in total. The molecular formula is C24H23BrCl2N4O2. The van der Waals surface area contributed by atoms with Gasteiger partial charge in [0.05, 0.1) is 28.0 Å². The highest BCUT2D eigenvalue weighted by Gasteiger charge is 2.32. The summed E-state index contributed by atoms with van der Waals surface area (Å²) in [5.74, 6) is 0.275. The summed E-state index contributed by atoms with van der Waals surface area (Å²) in [4.78, 5) is 33.4. The van der Waals surface area contributed by atoms with Gasteiger partial charge in [-0.1, -0.05) is 39.1 Å². The first-order valence-electron chi connectivity index (χ1n) is 10.6. The zero-order chi connectivity index (χ0) is 23.9. The average Bonchev–Trinajstić information content (AvgIpc) is 2.76. The normalized spacial score (nSPS) is 15.5. The lowest BCUT2D eigenvalue weighted by Crippen LogP contribution is -2.46. The van der Waals surface area contributed by atoms with Crippen molar-refractivity contribution in [2.24, 2.45) is 0 Å². The van der Waals surface area contributed by atoms with Crippen molar-refractivity contribution >= 4 is 51.0 Å². The summed E-state index contributed by atoms with van der Waals surface area (Å²) in [6, 6.07) is 12.2. The van der Waals surface area contributed by atoms with Crippen LogP contribution in [0.25, 0.3) is 5.69 Å². The van der Waals surface area contributed by atoms with Crippen LogP contribution in [0.5, 0.6) is 0 Å². The van der Waals surface area contributed by atoms with Gasteiger partial charge in [-0.3, -0.25) is 9.59 Å². The number of fused-ring (bicyclic) bond motifs is 1. The molecule has 0 saturated carbocycles. The molecule has 0 fully saturated rings. The van der Waals surface area contributed by atoms with Gasteiger partial charge in [-0.05, 0) is 69.7 Å². The largest absolute Gasteiger partial charge is 0.353 e. The molecule has 33 heavy (non-hydrogen) atoms. The highest BCUT2D eigenvalue weighted by atomic mass is 79.9. The van der Waals surface area contributed by atoms with Crippen molar-refractivity contribution in [3.05, 3.63) is 84.2 Å². The number of hydrogen-bond acceptors (Lipinski definition) is 4. The van der Waals surface area contributed by atoms with Crippen LogP contribution in [0.3, 0.4) is 0 Å². The first-order valence-corrected chi connectivity index (χ1v) is 12.1. The second kappa shape index (κ2) is 9.49. The second-order valence-corrected chi connectivity index (χ2v) is 10.1. The van der Waals surface area contributed by atoms with Gasteiger partial charge in [-0.2, -0.15) is 0 Å². The summed E-state index contributed by atoms with van der Waals surface area (Å²) in [7, 11) is 0. The smallest absolute Gasteiger partial charge is 0.263 e. The molecule has 0 bridgehead atoms. The third-order valence-corrected chi connectivity index (χ3v) is 6.81. The van der Waals surface area contributed by atoms with Crippen molar-refractivity contribution in [2.45, 2.75) is 45.8 Å². The van der Waals surface area contributed by atoms with Crippen molar-refractivity contribution < 1.29 is 4.79 Å². The first-order chi connectivity index (χ1) is 15.7. The first kappa shape index (κ1) is 23.8. The lowest BCUT2D eigenvalue weighted by molar-refractivity contribution is 0.0653. The zero-order valence-electron chi connectivity index (χ0n) is 18.4. The third kappa shape index (κ3) is 4.81. The summed E-state index contributed by atoms with van der Waals surface area (Å²) in [5, 5.41) is 4.00. The molecule has 1 aromatic heterocycles. The van der Waals surface area contributed by atoms with Crippen LogP contribution < -0.4 is 10.9 Å². The SMILES string of the molecule is CC(C)Nc1nc2c(c(=O)n1-c1ccc(Br)cc1)C[C@@H](C)N(C(=O)c1ccc(Cl)c(Cl)c1)C2. The van der Waals surface area contributed by atoms with Crippen molar-refractivity contribution in [3.8, 4) is 5.69 Å². The molecule has 1 aliphatic heterocycles. The fourth-order valence-electron chi connectivity index (χ4n) is 3.91. The molecule has 0 radical (unpaired) electrons. The van der Waals surface area contributed by atoms with Gasteiger partial charge in [-0.15, -0.1) is 0 Å². The topological polar surface area (TPSA) is 67.2 Å². The van der Waals surface area contributed by atoms with Crippen LogP contribution in [-0.4, -0.2) is 32.4 Å². The van der Waals surface area contributed by atoms with E-state index in [1.807, 2.05) is 45.0 Å². The van der Waals surface area contributed by atoms with E-state index < -0.39 is 0 Å². The Morgan fingerprint density at radius 2 is 1.85 bits per heavy atom. The Morgan fingerprint density at radius 3 is 2.48 bits per heavy atom. The van der Waals surface area contributed by atoms with Crippen molar-refractivity contribution in [2.75, 3.05) is 5.32 Å². The van der Waals surface area contributed by atoms with Gasteiger partial charge >= 0.3 is 0 Å². The number of hydrogen-bond donors (Lipinski definition) is 1. The predicted molar refractivity (Wildman–Crippen MR) is 136 cm³/mol. The number of aromatic nitrogens is 2. The molecule has 4 rings (SSSR count). The maximum Gasteiger partial charge on any atom is 0.263 e. The predicted octanol–water partition coefficient (Wildman–Crippen LogP) is 5.71. The fraction of sp³-hybridized carbons (Fsp3) is 0.292. The maximum absolute atomic E-state index is 13.6. The number of nitrogens with one attached hydrogen (secondary N) is 1.